The van der Waals surface area contributed by atoms with E-state index in [2.05, 4.69) is 10.6 Å². The maximum atomic E-state index is 12.4. The zero-order chi connectivity index (χ0) is 18.6. The molecule has 1 fully saturated rings. The van der Waals surface area contributed by atoms with Crippen LogP contribution in [-0.4, -0.2) is 44.9 Å². The van der Waals surface area contributed by atoms with Crippen molar-refractivity contribution in [2.75, 3.05) is 12.5 Å². The van der Waals surface area contributed by atoms with Crippen molar-refractivity contribution in [3.05, 3.63) is 29.8 Å². The number of hydrogen-bond donors (Lipinski definition) is 2. The zero-order valence-electron chi connectivity index (χ0n) is 14.6. The van der Waals surface area contributed by atoms with Gasteiger partial charge >= 0.3 is 5.97 Å². The van der Waals surface area contributed by atoms with Gasteiger partial charge in [-0.3, -0.25) is 14.9 Å². The molecule has 25 heavy (non-hydrogen) atoms. The van der Waals surface area contributed by atoms with Gasteiger partial charge in [0.1, 0.15) is 11.9 Å². The summed E-state index contributed by atoms with van der Waals surface area (Å²) in [6.45, 7) is 5.84. The Morgan fingerprint density at radius 3 is 2.44 bits per heavy atom. The first kappa shape index (κ1) is 19.4. The normalized spacial score (nSPS) is 18.9. The Kier molecular flexibility index (Phi) is 6.18. The number of aryl methyl sites for hydroxylation is 1. The summed E-state index contributed by atoms with van der Waals surface area (Å²) in [6, 6.07) is 5.24. The number of carbonyl (C=O) groups is 2. The lowest BCUT2D eigenvalue weighted by Crippen LogP contribution is -2.53. The Morgan fingerprint density at radius 1 is 1.28 bits per heavy atom. The van der Waals surface area contributed by atoms with Gasteiger partial charge in [0.05, 0.1) is 17.5 Å². The van der Waals surface area contributed by atoms with Gasteiger partial charge in [0.2, 0.25) is 5.91 Å². The number of benzene rings is 1. The molecule has 2 N–H and O–H groups in total. The molecule has 1 aliphatic heterocycles. The highest BCUT2D eigenvalue weighted by molar-refractivity contribution is 7.91. The molecule has 0 aliphatic carbocycles. The van der Waals surface area contributed by atoms with Crippen molar-refractivity contribution in [2.24, 2.45) is 5.92 Å². The van der Waals surface area contributed by atoms with Gasteiger partial charge in [0, 0.05) is 6.42 Å². The first-order valence-electron chi connectivity index (χ1n) is 8.20. The third-order valence-electron chi connectivity index (χ3n) is 4.08. The Labute approximate surface area is 148 Å². The predicted molar refractivity (Wildman–Crippen MR) is 92.5 cm³/mol. The van der Waals surface area contributed by atoms with Crippen molar-refractivity contribution in [1.29, 1.82) is 0 Å². The van der Waals surface area contributed by atoms with E-state index in [9.17, 15) is 18.0 Å². The Hall–Kier alpha value is -1.93. The summed E-state index contributed by atoms with van der Waals surface area (Å²) in [7, 11) is -3.62. The lowest BCUT2D eigenvalue weighted by molar-refractivity contribution is -0.140. The first-order valence-corrected chi connectivity index (χ1v) is 9.86. The van der Waals surface area contributed by atoms with Crippen molar-refractivity contribution in [2.45, 2.75) is 44.2 Å². The number of cyclic esters (lactones) is 1. The topological polar surface area (TPSA) is 102 Å². The van der Waals surface area contributed by atoms with Crippen LogP contribution in [0.15, 0.2) is 29.2 Å². The van der Waals surface area contributed by atoms with Crippen molar-refractivity contribution in [1.82, 2.24) is 10.6 Å². The molecule has 8 heteroatoms. The summed E-state index contributed by atoms with van der Waals surface area (Å²) in [5.74, 6) is -1.44. The molecule has 2 atom stereocenters. The maximum Gasteiger partial charge on any atom is 0.323 e. The fourth-order valence-electron chi connectivity index (χ4n) is 2.54. The van der Waals surface area contributed by atoms with Crippen LogP contribution < -0.4 is 10.6 Å². The smallest absolute Gasteiger partial charge is 0.323 e. The number of hydrogen-bond acceptors (Lipinski definition) is 6. The maximum absolute atomic E-state index is 12.4. The molecular weight excluding hydrogens is 344 g/mol. The van der Waals surface area contributed by atoms with E-state index in [-0.39, 0.29) is 16.8 Å². The number of amides is 1. The first-order chi connectivity index (χ1) is 11.7. The van der Waals surface area contributed by atoms with Crippen LogP contribution in [-0.2, 0) is 24.2 Å². The van der Waals surface area contributed by atoms with E-state index >= 15 is 0 Å². The SMILES string of the molecule is Cc1ccc(S(=O)(=O)CNC(=O)C(N[C@H]2CCOC2=O)C(C)C)cc1. The number of esters is 1. The highest BCUT2D eigenvalue weighted by Gasteiger charge is 2.33. The molecule has 1 heterocycles. The van der Waals surface area contributed by atoms with Gasteiger partial charge < -0.3 is 10.1 Å². The summed E-state index contributed by atoms with van der Waals surface area (Å²) in [6.07, 6.45) is 0.497. The molecule has 1 amide bonds. The van der Waals surface area contributed by atoms with Crippen LogP contribution in [0.4, 0.5) is 0 Å². The van der Waals surface area contributed by atoms with E-state index in [1.165, 1.54) is 12.1 Å². The molecule has 0 spiro atoms. The Balaban J connectivity index is 2.00. The van der Waals surface area contributed by atoms with Gasteiger partial charge in [-0.1, -0.05) is 31.5 Å². The minimum atomic E-state index is -3.62. The quantitative estimate of drug-likeness (QED) is 0.690. The van der Waals surface area contributed by atoms with Crippen LogP contribution in [0.3, 0.4) is 0 Å². The third kappa shape index (κ3) is 5.02. The molecule has 1 unspecified atom stereocenters. The largest absolute Gasteiger partial charge is 0.464 e. The zero-order valence-corrected chi connectivity index (χ0v) is 15.4. The number of nitrogens with one attached hydrogen (secondary N) is 2. The highest BCUT2D eigenvalue weighted by Crippen LogP contribution is 2.13. The van der Waals surface area contributed by atoms with Crippen LogP contribution >= 0.6 is 0 Å². The molecule has 1 aliphatic rings. The van der Waals surface area contributed by atoms with Crippen molar-refractivity contribution in [3.63, 3.8) is 0 Å². The minimum absolute atomic E-state index is 0.115. The average molecular weight is 368 g/mol. The van der Waals surface area contributed by atoms with E-state index in [0.29, 0.717) is 13.0 Å². The molecule has 1 saturated heterocycles. The predicted octanol–water partition coefficient (Wildman–Crippen LogP) is 0.772. The van der Waals surface area contributed by atoms with E-state index in [0.717, 1.165) is 5.56 Å². The van der Waals surface area contributed by atoms with E-state index in [1.807, 2.05) is 20.8 Å². The lowest BCUT2D eigenvalue weighted by atomic mass is 10.0. The van der Waals surface area contributed by atoms with Crippen molar-refractivity contribution >= 4 is 21.7 Å². The van der Waals surface area contributed by atoms with E-state index in [4.69, 9.17) is 4.74 Å². The minimum Gasteiger partial charge on any atom is -0.464 e. The standard InChI is InChI=1S/C17H24N2O5S/c1-11(2)15(19-14-8-9-24-17(14)21)16(20)18-10-25(22,23)13-6-4-12(3)5-7-13/h4-7,11,14-15,19H,8-10H2,1-3H3,(H,18,20)/t14-,15?/m0/s1. The van der Waals surface area contributed by atoms with Gasteiger partial charge in [0.15, 0.2) is 9.84 Å². The molecule has 1 aromatic carbocycles. The van der Waals surface area contributed by atoms with Gasteiger partial charge in [-0.25, -0.2) is 8.42 Å². The van der Waals surface area contributed by atoms with Crippen LogP contribution in [0.25, 0.3) is 0 Å². The second kappa shape index (κ2) is 7.97. The van der Waals surface area contributed by atoms with Crippen molar-refractivity contribution < 1.29 is 22.7 Å². The molecule has 2 rings (SSSR count). The van der Waals surface area contributed by atoms with Crippen LogP contribution in [0.5, 0.6) is 0 Å². The van der Waals surface area contributed by atoms with E-state index < -0.39 is 33.7 Å². The van der Waals surface area contributed by atoms with Crippen LogP contribution in [0, 0.1) is 12.8 Å². The molecule has 0 saturated carbocycles. The summed E-state index contributed by atoms with van der Waals surface area (Å²) >= 11 is 0. The summed E-state index contributed by atoms with van der Waals surface area (Å²) in [5, 5.41) is 5.43. The van der Waals surface area contributed by atoms with Crippen molar-refractivity contribution in [3.8, 4) is 0 Å². The Bertz CT molecular complexity index is 728. The van der Waals surface area contributed by atoms with Gasteiger partial charge in [0.25, 0.3) is 0 Å². The molecular formula is C17H24N2O5S. The summed E-state index contributed by atoms with van der Waals surface area (Å²) in [5.41, 5.74) is 0.954. The molecule has 0 aromatic heterocycles. The number of ether oxygens (including phenoxy) is 1. The monoisotopic (exact) mass is 368 g/mol. The number of carbonyl (C=O) groups excluding carboxylic acids is 2. The molecule has 1 aromatic rings. The second-order valence-electron chi connectivity index (χ2n) is 6.51. The van der Waals surface area contributed by atoms with E-state index in [1.54, 1.807) is 12.1 Å². The summed E-state index contributed by atoms with van der Waals surface area (Å²) in [4.78, 5) is 24.2. The van der Waals surface area contributed by atoms with Gasteiger partial charge in [-0.05, 0) is 25.0 Å². The molecule has 7 nitrogen and oxygen atoms in total. The van der Waals surface area contributed by atoms with Gasteiger partial charge in [-0.15, -0.1) is 0 Å². The fourth-order valence-corrected chi connectivity index (χ4v) is 3.59. The fraction of sp³-hybridized carbons (Fsp3) is 0.529. The molecule has 0 bridgehead atoms. The average Bonchev–Trinajstić information content (AvgIpc) is 2.95. The van der Waals surface area contributed by atoms with Gasteiger partial charge in [-0.2, -0.15) is 0 Å². The summed E-state index contributed by atoms with van der Waals surface area (Å²) < 4.78 is 29.5. The second-order valence-corrected chi connectivity index (χ2v) is 8.50. The highest BCUT2D eigenvalue weighted by atomic mass is 32.2. The Morgan fingerprint density at radius 2 is 1.92 bits per heavy atom. The van der Waals surface area contributed by atoms with Crippen LogP contribution in [0.2, 0.25) is 0 Å². The lowest BCUT2D eigenvalue weighted by Gasteiger charge is -2.23. The third-order valence-corrected chi connectivity index (χ3v) is 5.60. The van der Waals surface area contributed by atoms with Crippen LogP contribution in [0.1, 0.15) is 25.8 Å². The molecule has 0 radical (unpaired) electrons. The molecule has 138 valence electrons. The number of sulfone groups is 1. The number of rotatable bonds is 7.